The molecule has 3 rings (SSSR count). The van der Waals surface area contributed by atoms with Gasteiger partial charge in [0.05, 0.1) is 29.6 Å². The van der Waals surface area contributed by atoms with Crippen LogP contribution in [-0.4, -0.2) is 60.9 Å². The number of nitrogens with zero attached hydrogens (tertiary/aromatic N) is 1. The SMILES string of the molecule is NC(=O)CCCS(=O)(=O)C[CH]C(=O)N(Cc1cc(F)cc(F)c1)CC(O)CNC1(c2cccc(C(F)(F)F)c2)CC1. The molecule has 225 valence electrons. The second-order valence-corrected chi connectivity index (χ2v) is 12.3. The first-order valence-electron chi connectivity index (χ1n) is 12.8. The average Bonchev–Trinajstić information content (AvgIpc) is 3.66. The molecule has 0 spiro atoms. The first-order valence-corrected chi connectivity index (χ1v) is 14.6. The Labute approximate surface area is 234 Å². The van der Waals surface area contributed by atoms with Crippen molar-refractivity contribution in [1.82, 2.24) is 10.2 Å². The van der Waals surface area contributed by atoms with E-state index in [-0.39, 0.29) is 43.8 Å². The number of nitrogens with one attached hydrogen (secondary N) is 1. The Morgan fingerprint density at radius 1 is 1.12 bits per heavy atom. The Hall–Kier alpha value is -3.10. The fourth-order valence-corrected chi connectivity index (χ4v) is 5.50. The molecule has 4 N–H and O–H groups in total. The molecule has 0 aliphatic heterocycles. The molecule has 1 saturated carbocycles. The lowest BCUT2D eigenvalue weighted by Gasteiger charge is -2.27. The number of hydrogen-bond acceptors (Lipinski definition) is 6. The third-order valence-electron chi connectivity index (χ3n) is 6.60. The van der Waals surface area contributed by atoms with Gasteiger partial charge in [-0.1, -0.05) is 12.1 Å². The van der Waals surface area contributed by atoms with Crippen molar-refractivity contribution in [1.29, 1.82) is 0 Å². The molecule has 8 nitrogen and oxygen atoms in total. The number of rotatable bonds is 15. The molecule has 0 bridgehead atoms. The fourth-order valence-electron chi connectivity index (χ4n) is 4.35. The Bertz CT molecular complexity index is 1330. The van der Waals surface area contributed by atoms with Gasteiger partial charge in [-0.3, -0.25) is 9.59 Å². The number of aliphatic hydroxyl groups excluding tert-OH is 1. The lowest BCUT2D eigenvalue weighted by Crippen LogP contribution is -2.44. The maximum atomic E-state index is 13.8. The zero-order valence-corrected chi connectivity index (χ0v) is 22.8. The van der Waals surface area contributed by atoms with Gasteiger partial charge in [0.2, 0.25) is 11.8 Å². The van der Waals surface area contributed by atoms with Crippen LogP contribution in [0.25, 0.3) is 0 Å². The predicted octanol–water partition coefficient (Wildman–Crippen LogP) is 2.84. The standard InChI is InChI=1S/C27H31F5N3O5S/c28-21-11-18(12-22(29)14-21)16-35(25(38)6-10-41(39,40)9-2-5-24(33)37)17-23(36)15-34-26(7-8-26)19-3-1-4-20(13-19)27(30,31)32/h1,3-4,6,11-14,23,34,36H,2,5,7-10,15-17H2,(H2,33,37). The zero-order valence-electron chi connectivity index (χ0n) is 22.0. The number of amides is 2. The summed E-state index contributed by atoms with van der Waals surface area (Å²) in [7, 11) is -3.77. The van der Waals surface area contributed by atoms with Crippen LogP contribution in [0.5, 0.6) is 0 Å². The van der Waals surface area contributed by atoms with Gasteiger partial charge >= 0.3 is 6.18 Å². The van der Waals surface area contributed by atoms with Crippen molar-refractivity contribution in [2.24, 2.45) is 5.73 Å². The minimum Gasteiger partial charge on any atom is -0.390 e. The number of aliphatic hydroxyl groups is 1. The number of benzene rings is 2. The molecule has 1 aliphatic carbocycles. The van der Waals surface area contributed by atoms with E-state index in [1.165, 1.54) is 6.07 Å². The molecular weight excluding hydrogens is 573 g/mol. The number of hydrogen-bond donors (Lipinski definition) is 3. The van der Waals surface area contributed by atoms with E-state index in [1.54, 1.807) is 6.07 Å². The summed E-state index contributed by atoms with van der Waals surface area (Å²) in [5.74, 6) is -4.35. The Morgan fingerprint density at radius 3 is 2.37 bits per heavy atom. The molecule has 2 aromatic carbocycles. The molecule has 14 heteroatoms. The van der Waals surface area contributed by atoms with Crippen molar-refractivity contribution in [3.05, 3.63) is 77.2 Å². The molecule has 1 unspecified atom stereocenters. The molecule has 2 aromatic rings. The number of alkyl halides is 3. The van der Waals surface area contributed by atoms with Crippen molar-refractivity contribution in [3.8, 4) is 0 Å². The Balaban J connectivity index is 1.67. The molecule has 0 heterocycles. The van der Waals surface area contributed by atoms with Gasteiger partial charge in [-0.2, -0.15) is 13.2 Å². The van der Waals surface area contributed by atoms with Crippen LogP contribution in [0.15, 0.2) is 42.5 Å². The van der Waals surface area contributed by atoms with Crippen LogP contribution < -0.4 is 11.1 Å². The monoisotopic (exact) mass is 604 g/mol. The van der Waals surface area contributed by atoms with E-state index in [0.29, 0.717) is 24.5 Å². The second-order valence-electron chi connectivity index (χ2n) is 10.1. The highest BCUT2D eigenvalue weighted by atomic mass is 32.2. The van der Waals surface area contributed by atoms with Crippen LogP contribution in [0.2, 0.25) is 0 Å². The number of halogens is 5. The van der Waals surface area contributed by atoms with E-state index in [9.17, 15) is 45.1 Å². The quantitative estimate of drug-likeness (QED) is 0.268. The third-order valence-corrected chi connectivity index (χ3v) is 8.18. The molecule has 41 heavy (non-hydrogen) atoms. The minimum atomic E-state index is -4.52. The van der Waals surface area contributed by atoms with Crippen LogP contribution in [0, 0.1) is 18.1 Å². The van der Waals surface area contributed by atoms with Gasteiger partial charge in [0.1, 0.15) is 11.6 Å². The van der Waals surface area contributed by atoms with Crippen LogP contribution in [0.1, 0.15) is 42.4 Å². The van der Waals surface area contributed by atoms with Crippen LogP contribution in [-0.2, 0) is 37.7 Å². The van der Waals surface area contributed by atoms with Crippen molar-refractivity contribution >= 4 is 21.7 Å². The normalized spacial score (nSPS) is 15.4. The van der Waals surface area contributed by atoms with E-state index < -0.39 is 62.4 Å². The molecule has 0 aromatic heterocycles. The molecule has 1 fully saturated rings. The summed E-state index contributed by atoms with van der Waals surface area (Å²) in [6.07, 6.45) is -4.05. The second kappa shape index (κ2) is 13.3. The van der Waals surface area contributed by atoms with E-state index in [2.05, 4.69) is 5.32 Å². The van der Waals surface area contributed by atoms with E-state index >= 15 is 0 Å². The van der Waals surface area contributed by atoms with Gasteiger partial charge in [0, 0.05) is 37.7 Å². The molecule has 0 saturated heterocycles. The Kier molecular flexibility index (Phi) is 10.5. The summed E-state index contributed by atoms with van der Waals surface area (Å²) in [5.41, 5.74) is 3.87. The van der Waals surface area contributed by atoms with Gasteiger partial charge in [0.15, 0.2) is 9.84 Å². The minimum absolute atomic E-state index is 0.0238. The molecule has 2 amide bonds. The average molecular weight is 605 g/mol. The van der Waals surface area contributed by atoms with Gasteiger partial charge in [-0.25, -0.2) is 17.2 Å². The molecular formula is C27H31F5N3O5S. The summed E-state index contributed by atoms with van der Waals surface area (Å²) in [6.45, 7) is -0.870. The van der Waals surface area contributed by atoms with Crippen molar-refractivity contribution in [2.45, 2.75) is 50.0 Å². The number of sulfone groups is 1. The highest BCUT2D eigenvalue weighted by molar-refractivity contribution is 7.91. The van der Waals surface area contributed by atoms with E-state index in [0.717, 1.165) is 35.6 Å². The lowest BCUT2D eigenvalue weighted by atomic mass is 10.0. The highest BCUT2D eigenvalue weighted by Gasteiger charge is 2.45. The van der Waals surface area contributed by atoms with E-state index in [4.69, 9.17) is 5.73 Å². The number of carbonyl (C=O) groups excluding carboxylic acids is 2. The largest absolute Gasteiger partial charge is 0.416 e. The predicted molar refractivity (Wildman–Crippen MR) is 140 cm³/mol. The van der Waals surface area contributed by atoms with Gasteiger partial charge in [0.25, 0.3) is 0 Å². The van der Waals surface area contributed by atoms with Crippen LogP contribution >= 0.6 is 0 Å². The van der Waals surface area contributed by atoms with Crippen LogP contribution in [0.3, 0.4) is 0 Å². The molecule has 1 atom stereocenters. The molecule has 1 radical (unpaired) electrons. The smallest absolute Gasteiger partial charge is 0.390 e. The summed E-state index contributed by atoms with van der Waals surface area (Å²) >= 11 is 0. The summed E-state index contributed by atoms with van der Waals surface area (Å²) in [6, 6.07) is 7.47. The lowest BCUT2D eigenvalue weighted by molar-refractivity contribution is -0.137. The molecule has 1 aliphatic rings. The number of carbonyl (C=O) groups is 2. The summed E-state index contributed by atoms with van der Waals surface area (Å²) in [5, 5.41) is 13.8. The van der Waals surface area contributed by atoms with Crippen molar-refractivity contribution < 1.29 is 45.1 Å². The maximum Gasteiger partial charge on any atom is 0.416 e. The number of nitrogens with two attached hydrogens (primary N) is 1. The summed E-state index contributed by atoms with van der Waals surface area (Å²) < 4.78 is 91.5. The van der Waals surface area contributed by atoms with Crippen LogP contribution in [0.4, 0.5) is 22.0 Å². The maximum absolute atomic E-state index is 13.8. The first kappa shape index (κ1) is 32.4. The van der Waals surface area contributed by atoms with Gasteiger partial charge < -0.3 is 21.1 Å². The number of primary amides is 1. The third kappa shape index (κ3) is 10.0. The van der Waals surface area contributed by atoms with Crippen molar-refractivity contribution in [2.75, 3.05) is 24.6 Å². The fraction of sp³-hybridized carbons (Fsp3) is 0.444. The van der Waals surface area contributed by atoms with Gasteiger partial charge in [-0.15, -0.1) is 0 Å². The topological polar surface area (TPSA) is 130 Å². The van der Waals surface area contributed by atoms with Gasteiger partial charge in [-0.05, 0) is 54.7 Å². The highest BCUT2D eigenvalue weighted by Crippen LogP contribution is 2.46. The van der Waals surface area contributed by atoms with E-state index in [1.807, 2.05) is 0 Å². The zero-order chi connectivity index (χ0) is 30.4. The summed E-state index contributed by atoms with van der Waals surface area (Å²) in [4.78, 5) is 24.8. The van der Waals surface area contributed by atoms with Crippen molar-refractivity contribution in [3.63, 3.8) is 0 Å². The first-order chi connectivity index (χ1) is 19.1. The Morgan fingerprint density at radius 2 is 1.78 bits per heavy atom.